The molecule has 0 spiro atoms. The van der Waals surface area contributed by atoms with Crippen molar-refractivity contribution >= 4 is 15.9 Å². The lowest BCUT2D eigenvalue weighted by atomic mass is 9.91. The molecule has 2 aromatic carbocycles. The monoisotopic (exact) mass is 334 g/mol. The molecular formula is C16H15FN2O3S. The Kier molecular flexibility index (Phi) is 4.14. The van der Waals surface area contributed by atoms with Crippen molar-refractivity contribution in [2.75, 3.05) is 13.1 Å². The first-order valence-electron chi connectivity index (χ1n) is 7.10. The van der Waals surface area contributed by atoms with E-state index >= 15 is 0 Å². The maximum atomic E-state index is 12.9. The summed E-state index contributed by atoms with van der Waals surface area (Å²) in [7, 11) is -3.72. The number of hydrogen-bond acceptors (Lipinski definition) is 3. The van der Waals surface area contributed by atoms with Crippen LogP contribution >= 0.6 is 0 Å². The minimum atomic E-state index is -3.72. The fraction of sp³-hybridized carbons (Fsp3) is 0.188. The molecule has 1 atom stereocenters. The van der Waals surface area contributed by atoms with Crippen LogP contribution in [0.3, 0.4) is 0 Å². The van der Waals surface area contributed by atoms with Crippen LogP contribution in [-0.4, -0.2) is 27.4 Å². The minimum Gasteiger partial charge on any atom is -0.351 e. The molecule has 1 amide bonds. The first kappa shape index (κ1) is 15.6. The summed E-state index contributed by atoms with van der Waals surface area (Å²) in [6.45, 7) is 0.513. The van der Waals surface area contributed by atoms with Crippen LogP contribution in [0.2, 0.25) is 0 Å². The van der Waals surface area contributed by atoms with Crippen molar-refractivity contribution in [3.63, 3.8) is 0 Å². The Bertz CT molecular complexity index is 835. The van der Waals surface area contributed by atoms with Gasteiger partial charge >= 0.3 is 0 Å². The molecule has 7 heteroatoms. The number of nitrogens with one attached hydrogen (secondary N) is 2. The summed E-state index contributed by atoms with van der Waals surface area (Å²) in [5.74, 6) is -0.801. The van der Waals surface area contributed by atoms with E-state index in [9.17, 15) is 17.6 Å². The molecule has 1 aliphatic rings. The minimum absolute atomic E-state index is 0.00651. The molecule has 0 aliphatic carbocycles. The highest BCUT2D eigenvalue weighted by atomic mass is 32.2. The summed E-state index contributed by atoms with van der Waals surface area (Å²) in [6.07, 6.45) is 0. The largest absolute Gasteiger partial charge is 0.351 e. The molecule has 2 aromatic rings. The van der Waals surface area contributed by atoms with E-state index in [1.54, 1.807) is 12.1 Å². The molecule has 5 nitrogen and oxygen atoms in total. The molecule has 1 aliphatic heterocycles. The molecule has 23 heavy (non-hydrogen) atoms. The molecule has 0 bridgehead atoms. The number of hydrogen-bond donors (Lipinski definition) is 2. The van der Waals surface area contributed by atoms with Crippen LogP contribution in [0.15, 0.2) is 53.4 Å². The van der Waals surface area contributed by atoms with Gasteiger partial charge in [-0.3, -0.25) is 4.79 Å². The van der Waals surface area contributed by atoms with Gasteiger partial charge in [-0.25, -0.2) is 17.5 Å². The Labute approximate surface area is 133 Å². The Morgan fingerprint density at radius 2 is 1.83 bits per heavy atom. The van der Waals surface area contributed by atoms with E-state index in [1.807, 2.05) is 12.1 Å². The Hall–Kier alpha value is -2.25. The van der Waals surface area contributed by atoms with Gasteiger partial charge in [-0.2, -0.15) is 0 Å². The average Bonchev–Trinajstić information content (AvgIpc) is 2.55. The third-order valence-electron chi connectivity index (χ3n) is 3.80. The number of fused-ring (bicyclic) bond motifs is 1. The van der Waals surface area contributed by atoms with Crippen molar-refractivity contribution in [2.24, 2.45) is 0 Å². The number of halogens is 1. The SMILES string of the molecule is O=C1NCC(CNS(=O)(=O)c2ccc(F)cc2)c2ccccc21. The summed E-state index contributed by atoms with van der Waals surface area (Å²) in [4.78, 5) is 11.8. The van der Waals surface area contributed by atoms with Gasteiger partial charge in [0.1, 0.15) is 5.82 Å². The van der Waals surface area contributed by atoms with E-state index in [0.717, 1.165) is 17.7 Å². The van der Waals surface area contributed by atoms with Crippen molar-refractivity contribution < 1.29 is 17.6 Å². The van der Waals surface area contributed by atoms with Gasteiger partial charge in [0.25, 0.3) is 5.91 Å². The van der Waals surface area contributed by atoms with Gasteiger partial charge in [0.2, 0.25) is 10.0 Å². The van der Waals surface area contributed by atoms with Crippen LogP contribution in [-0.2, 0) is 10.0 Å². The van der Waals surface area contributed by atoms with Crippen molar-refractivity contribution in [1.29, 1.82) is 0 Å². The summed E-state index contributed by atoms with van der Waals surface area (Å²) < 4.78 is 39.9. The van der Waals surface area contributed by atoms with Gasteiger partial charge in [-0.05, 0) is 35.9 Å². The van der Waals surface area contributed by atoms with E-state index in [4.69, 9.17) is 0 Å². The molecule has 120 valence electrons. The van der Waals surface area contributed by atoms with Gasteiger partial charge in [-0.1, -0.05) is 18.2 Å². The molecule has 3 rings (SSSR count). The fourth-order valence-electron chi connectivity index (χ4n) is 2.57. The van der Waals surface area contributed by atoms with Crippen molar-refractivity contribution in [1.82, 2.24) is 10.0 Å². The lowest BCUT2D eigenvalue weighted by Gasteiger charge is -2.25. The van der Waals surface area contributed by atoms with Crippen LogP contribution in [0.1, 0.15) is 21.8 Å². The topological polar surface area (TPSA) is 75.3 Å². The second kappa shape index (κ2) is 6.10. The van der Waals surface area contributed by atoms with Crippen LogP contribution < -0.4 is 10.0 Å². The fourth-order valence-corrected chi connectivity index (χ4v) is 3.65. The summed E-state index contributed by atoms with van der Waals surface area (Å²) >= 11 is 0. The Morgan fingerprint density at radius 1 is 1.13 bits per heavy atom. The number of sulfonamides is 1. The van der Waals surface area contributed by atoms with E-state index in [1.165, 1.54) is 12.1 Å². The number of carbonyl (C=O) groups excluding carboxylic acids is 1. The third kappa shape index (κ3) is 3.25. The number of amides is 1. The van der Waals surface area contributed by atoms with E-state index in [0.29, 0.717) is 12.1 Å². The highest BCUT2D eigenvalue weighted by Gasteiger charge is 2.26. The Balaban J connectivity index is 1.77. The summed E-state index contributed by atoms with van der Waals surface area (Å²) in [6, 6.07) is 11.8. The zero-order chi connectivity index (χ0) is 16.4. The second-order valence-corrected chi connectivity index (χ2v) is 7.07. The molecule has 1 unspecified atom stereocenters. The molecule has 0 saturated heterocycles. The number of carbonyl (C=O) groups is 1. The zero-order valence-electron chi connectivity index (χ0n) is 12.1. The first-order valence-corrected chi connectivity index (χ1v) is 8.58. The predicted octanol–water partition coefficient (Wildman–Crippen LogP) is 1.63. The molecule has 0 fully saturated rings. The van der Waals surface area contributed by atoms with Gasteiger partial charge in [-0.15, -0.1) is 0 Å². The van der Waals surface area contributed by atoms with Crippen LogP contribution in [0.5, 0.6) is 0 Å². The standard InChI is InChI=1S/C16H15FN2O3S/c17-12-5-7-13(8-6-12)23(21,22)19-10-11-9-18-16(20)15-4-2-1-3-14(11)15/h1-8,11,19H,9-10H2,(H,18,20). The Morgan fingerprint density at radius 3 is 2.57 bits per heavy atom. The van der Waals surface area contributed by atoms with Crippen LogP contribution in [0, 0.1) is 5.82 Å². The lowest BCUT2D eigenvalue weighted by Crippen LogP contribution is -2.40. The maximum absolute atomic E-state index is 12.9. The van der Waals surface area contributed by atoms with E-state index in [2.05, 4.69) is 10.0 Å². The van der Waals surface area contributed by atoms with Gasteiger partial charge < -0.3 is 5.32 Å². The second-order valence-electron chi connectivity index (χ2n) is 5.30. The van der Waals surface area contributed by atoms with Gasteiger partial charge in [0.05, 0.1) is 4.90 Å². The summed E-state index contributed by atoms with van der Waals surface area (Å²) in [5, 5.41) is 2.75. The normalized spacial score (nSPS) is 17.4. The van der Waals surface area contributed by atoms with Crippen molar-refractivity contribution in [3.05, 3.63) is 65.5 Å². The smallest absolute Gasteiger partial charge is 0.251 e. The lowest BCUT2D eigenvalue weighted by molar-refractivity contribution is 0.0940. The predicted molar refractivity (Wildman–Crippen MR) is 83.1 cm³/mol. The first-order chi connectivity index (χ1) is 11.0. The molecule has 2 N–H and O–H groups in total. The average molecular weight is 334 g/mol. The van der Waals surface area contributed by atoms with Crippen LogP contribution in [0.4, 0.5) is 4.39 Å². The van der Waals surface area contributed by atoms with Crippen molar-refractivity contribution in [3.8, 4) is 0 Å². The molecule has 0 saturated carbocycles. The summed E-state index contributed by atoms with van der Waals surface area (Å²) in [5.41, 5.74) is 1.38. The highest BCUT2D eigenvalue weighted by Crippen LogP contribution is 2.23. The third-order valence-corrected chi connectivity index (χ3v) is 5.24. The van der Waals surface area contributed by atoms with E-state index in [-0.39, 0.29) is 23.3 Å². The quantitative estimate of drug-likeness (QED) is 0.892. The highest BCUT2D eigenvalue weighted by molar-refractivity contribution is 7.89. The molecule has 0 aromatic heterocycles. The molecule has 0 radical (unpaired) electrons. The zero-order valence-corrected chi connectivity index (χ0v) is 12.9. The van der Waals surface area contributed by atoms with E-state index < -0.39 is 15.8 Å². The van der Waals surface area contributed by atoms with Gasteiger partial charge in [0, 0.05) is 24.6 Å². The molecular weight excluding hydrogens is 319 g/mol. The number of benzene rings is 2. The maximum Gasteiger partial charge on any atom is 0.251 e. The van der Waals surface area contributed by atoms with Gasteiger partial charge in [0.15, 0.2) is 0 Å². The number of rotatable bonds is 4. The molecule has 1 heterocycles. The van der Waals surface area contributed by atoms with Crippen LogP contribution in [0.25, 0.3) is 0 Å². The van der Waals surface area contributed by atoms with Crippen molar-refractivity contribution in [2.45, 2.75) is 10.8 Å².